The minimum Gasteiger partial charge on any atom is -0.506 e. The number of carbonyl (C=O) groups excluding carboxylic acids is 2. The third-order valence-corrected chi connectivity index (χ3v) is 4.84. The molecule has 2 amide bonds. The lowest BCUT2D eigenvalue weighted by atomic mass is 10.1. The molecule has 1 atom stereocenters. The molecule has 9 nitrogen and oxygen atoms in total. The second-order valence-corrected chi connectivity index (χ2v) is 6.85. The van der Waals surface area contributed by atoms with Gasteiger partial charge in [0.25, 0.3) is 0 Å². The maximum atomic E-state index is 12.6. The van der Waals surface area contributed by atoms with E-state index >= 15 is 0 Å². The summed E-state index contributed by atoms with van der Waals surface area (Å²) in [6.07, 6.45) is -0.210. The minimum atomic E-state index is -1.02. The fraction of sp³-hybridized carbons (Fsp3) is 0.250. The Hall–Kier alpha value is -3.75. The molecule has 2 aliphatic rings. The maximum Gasteiger partial charge on any atom is 0.307 e. The van der Waals surface area contributed by atoms with Crippen molar-refractivity contribution in [2.45, 2.75) is 12.8 Å². The number of anilines is 2. The number of nitrogens with zero attached hydrogens (tertiary/aromatic N) is 1. The number of aliphatic carboxylic acids is 1. The fourth-order valence-electron chi connectivity index (χ4n) is 3.39. The summed E-state index contributed by atoms with van der Waals surface area (Å²) >= 11 is 0. The van der Waals surface area contributed by atoms with Crippen LogP contribution in [0.3, 0.4) is 0 Å². The molecule has 2 aromatic carbocycles. The van der Waals surface area contributed by atoms with Gasteiger partial charge < -0.3 is 29.9 Å². The van der Waals surface area contributed by atoms with Gasteiger partial charge in [0.05, 0.1) is 18.0 Å². The summed E-state index contributed by atoms with van der Waals surface area (Å²) in [7, 11) is 0. The zero-order valence-electron chi connectivity index (χ0n) is 15.3. The fourth-order valence-corrected chi connectivity index (χ4v) is 3.39. The number of rotatable bonds is 5. The van der Waals surface area contributed by atoms with Gasteiger partial charge in [-0.2, -0.15) is 0 Å². The van der Waals surface area contributed by atoms with Crippen LogP contribution in [0.25, 0.3) is 0 Å². The SMILES string of the molecule is O=C(O)Cc1ccc(O)c(NC(=O)C2CC(=O)N(c3ccc4c(c3)OCO4)C2)c1. The molecule has 0 aliphatic carbocycles. The number of carboxylic acids is 1. The average molecular weight is 398 g/mol. The van der Waals surface area contributed by atoms with Crippen molar-refractivity contribution in [2.75, 3.05) is 23.6 Å². The average Bonchev–Trinajstić information content (AvgIpc) is 3.29. The number of carbonyl (C=O) groups is 3. The van der Waals surface area contributed by atoms with Crippen LogP contribution >= 0.6 is 0 Å². The van der Waals surface area contributed by atoms with Gasteiger partial charge in [-0.25, -0.2) is 0 Å². The molecule has 2 aromatic rings. The van der Waals surface area contributed by atoms with Crippen LogP contribution in [0.5, 0.6) is 17.2 Å². The number of ether oxygens (including phenoxy) is 2. The zero-order chi connectivity index (χ0) is 20.5. The van der Waals surface area contributed by atoms with E-state index in [-0.39, 0.29) is 43.5 Å². The van der Waals surface area contributed by atoms with Crippen LogP contribution in [0, 0.1) is 5.92 Å². The summed E-state index contributed by atoms with van der Waals surface area (Å²) in [5.41, 5.74) is 1.17. The highest BCUT2D eigenvalue weighted by Crippen LogP contribution is 2.37. The second-order valence-electron chi connectivity index (χ2n) is 6.85. The number of fused-ring (bicyclic) bond motifs is 1. The molecule has 0 spiro atoms. The van der Waals surface area contributed by atoms with E-state index in [1.54, 1.807) is 18.2 Å². The molecule has 1 fully saturated rings. The van der Waals surface area contributed by atoms with Crippen molar-refractivity contribution >= 4 is 29.2 Å². The topological polar surface area (TPSA) is 125 Å². The molecule has 0 bridgehead atoms. The van der Waals surface area contributed by atoms with Crippen molar-refractivity contribution in [1.82, 2.24) is 0 Å². The van der Waals surface area contributed by atoms with E-state index in [2.05, 4.69) is 5.32 Å². The molecule has 1 saturated heterocycles. The second kappa shape index (κ2) is 7.34. The Labute approximate surface area is 165 Å². The third-order valence-electron chi connectivity index (χ3n) is 4.84. The van der Waals surface area contributed by atoms with Crippen LogP contribution in [-0.2, 0) is 20.8 Å². The van der Waals surface area contributed by atoms with Gasteiger partial charge in [0, 0.05) is 24.7 Å². The lowest BCUT2D eigenvalue weighted by Crippen LogP contribution is -2.28. The number of nitrogens with one attached hydrogen (secondary N) is 1. The van der Waals surface area contributed by atoms with Gasteiger partial charge in [-0.15, -0.1) is 0 Å². The Morgan fingerprint density at radius 2 is 1.93 bits per heavy atom. The van der Waals surface area contributed by atoms with E-state index in [9.17, 15) is 19.5 Å². The van der Waals surface area contributed by atoms with Crippen molar-refractivity contribution < 1.29 is 34.1 Å². The molecule has 1 unspecified atom stereocenters. The van der Waals surface area contributed by atoms with Crippen molar-refractivity contribution in [3.8, 4) is 17.2 Å². The highest BCUT2D eigenvalue weighted by atomic mass is 16.7. The monoisotopic (exact) mass is 398 g/mol. The number of hydrogen-bond donors (Lipinski definition) is 3. The van der Waals surface area contributed by atoms with Crippen LogP contribution in [-0.4, -0.2) is 41.3 Å². The number of hydrogen-bond acceptors (Lipinski definition) is 6. The van der Waals surface area contributed by atoms with Crippen LogP contribution in [0.15, 0.2) is 36.4 Å². The summed E-state index contributed by atoms with van der Waals surface area (Å²) in [6, 6.07) is 9.35. The van der Waals surface area contributed by atoms with Gasteiger partial charge in [-0.1, -0.05) is 6.07 Å². The highest BCUT2D eigenvalue weighted by molar-refractivity contribution is 6.04. The maximum absolute atomic E-state index is 12.6. The molecule has 9 heteroatoms. The van der Waals surface area contributed by atoms with Crippen LogP contribution < -0.4 is 19.7 Å². The molecule has 2 aliphatic heterocycles. The number of phenols is 1. The Balaban J connectivity index is 1.46. The smallest absolute Gasteiger partial charge is 0.307 e. The van der Waals surface area contributed by atoms with Crippen molar-refractivity contribution in [2.24, 2.45) is 5.92 Å². The van der Waals surface area contributed by atoms with E-state index in [0.29, 0.717) is 22.7 Å². The molecular weight excluding hydrogens is 380 g/mol. The number of phenolic OH excluding ortho intramolecular Hbond substituents is 1. The first-order valence-corrected chi connectivity index (χ1v) is 8.95. The van der Waals surface area contributed by atoms with E-state index in [0.717, 1.165) is 0 Å². The molecule has 3 N–H and O–H groups in total. The molecule has 0 saturated carbocycles. The van der Waals surface area contributed by atoms with Crippen molar-refractivity contribution in [1.29, 1.82) is 0 Å². The minimum absolute atomic E-state index is 0.0237. The van der Waals surface area contributed by atoms with Crippen LogP contribution in [0.4, 0.5) is 11.4 Å². The first-order chi connectivity index (χ1) is 13.9. The summed E-state index contributed by atoms with van der Waals surface area (Å²) in [5, 5.41) is 21.5. The standard InChI is InChI=1S/C20H18N2O7/c23-15-3-1-11(6-19(25)26)5-14(15)21-20(27)12-7-18(24)22(9-12)13-2-4-16-17(8-13)29-10-28-16/h1-5,8,12,23H,6-7,9-10H2,(H,21,27)(H,25,26). The highest BCUT2D eigenvalue weighted by Gasteiger charge is 2.36. The quantitative estimate of drug-likeness (QED) is 0.655. The molecular formula is C20H18N2O7. The van der Waals surface area contributed by atoms with Gasteiger partial charge in [0.15, 0.2) is 11.5 Å². The summed E-state index contributed by atoms with van der Waals surface area (Å²) in [4.78, 5) is 37.5. The zero-order valence-corrected chi connectivity index (χ0v) is 15.3. The molecule has 29 heavy (non-hydrogen) atoms. The van der Waals surface area contributed by atoms with Crippen LogP contribution in [0.2, 0.25) is 0 Å². The lowest BCUT2D eigenvalue weighted by Gasteiger charge is -2.17. The van der Waals surface area contributed by atoms with E-state index < -0.39 is 17.8 Å². The predicted molar refractivity (Wildman–Crippen MR) is 101 cm³/mol. The molecule has 4 rings (SSSR count). The summed E-state index contributed by atoms with van der Waals surface area (Å²) in [5.74, 6) is -1.29. The van der Waals surface area contributed by atoms with Gasteiger partial charge in [0.1, 0.15) is 5.75 Å². The van der Waals surface area contributed by atoms with Crippen molar-refractivity contribution in [3.63, 3.8) is 0 Å². The van der Waals surface area contributed by atoms with Gasteiger partial charge in [-0.05, 0) is 29.8 Å². The van der Waals surface area contributed by atoms with E-state index in [4.69, 9.17) is 14.6 Å². The van der Waals surface area contributed by atoms with Crippen molar-refractivity contribution in [3.05, 3.63) is 42.0 Å². The normalized spacial score (nSPS) is 17.4. The van der Waals surface area contributed by atoms with E-state index in [1.165, 1.54) is 23.1 Å². The molecule has 0 aromatic heterocycles. The number of benzene rings is 2. The first-order valence-electron chi connectivity index (χ1n) is 8.95. The van der Waals surface area contributed by atoms with E-state index in [1.807, 2.05) is 0 Å². The molecule has 2 heterocycles. The largest absolute Gasteiger partial charge is 0.506 e. The Morgan fingerprint density at radius 3 is 2.72 bits per heavy atom. The van der Waals surface area contributed by atoms with Gasteiger partial charge in [-0.3, -0.25) is 14.4 Å². The lowest BCUT2D eigenvalue weighted by molar-refractivity contribution is -0.136. The number of aromatic hydroxyl groups is 1. The third kappa shape index (κ3) is 3.79. The van der Waals surface area contributed by atoms with Gasteiger partial charge >= 0.3 is 5.97 Å². The van der Waals surface area contributed by atoms with Gasteiger partial charge in [0.2, 0.25) is 18.6 Å². The number of carboxylic acid groups (broad SMARTS) is 1. The Bertz CT molecular complexity index is 1000. The molecule has 0 radical (unpaired) electrons. The summed E-state index contributed by atoms with van der Waals surface area (Å²) < 4.78 is 10.6. The summed E-state index contributed by atoms with van der Waals surface area (Å²) in [6.45, 7) is 0.308. The first kappa shape index (κ1) is 18.6. The van der Waals surface area contributed by atoms with Crippen LogP contribution in [0.1, 0.15) is 12.0 Å². The number of amides is 2. The Morgan fingerprint density at radius 1 is 1.14 bits per heavy atom. The molecule has 150 valence electrons. The Kier molecular flexibility index (Phi) is 4.71. The predicted octanol–water partition coefficient (Wildman–Crippen LogP) is 1.74.